The third-order valence-electron chi connectivity index (χ3n) is 4.12. The van der Waals surface area contributed by atoms with E-state index in [0.717, 1.165) is 0 Å². The molecule has 0 radical (unpaired) electrons. The molecule has 2 aliphatic heterocycles. The molecule has 25 heavy (non-hydrogen) atoms. The smallest absolute Gasteiger partial charge is 0.266 e. The number of ether oxygens (including phenoxy) is 2. The minimum absolute atomic E-state index is 0.0325. The number of hydrogen-bond donors (Lipinski definition) is 0. The van der Waals surface area contributed by atoms with Gasteiger partial charge in [0.05, 0.1) is 36.7 Å². The molecule has 0 spiro atoms. The van der Waals surface area contributed by atoms with Gasteiger partial charge in [0.1, 0.15) is 15.8 Å². The molecule has 1 aromatic carbocycles. The monoisotopic (exact) mass is 399 g/mol. The third kappa shape index (κ3) is 3.68. The van der Waals surface area contributed by atoms with Crippen molar-refractivity contribution in [3.05, 3.63) is 28.7 Å². The lowest BCUT2D eigenvalue weighted by Crippen LogP contribution is -2.39. The Morgan fingerprint density at radius 1 is 1.32 bits per heavy atom. The summed E-state index contributed by atoms with van der Waals surface area (Å²) in [6.07, 6.45) is 2.12. The van der Waals surface area contributed by atoms with Crippen molar-refractivity contribution in [2.24, 2.45) is 0 Å². The second-order valence-corrected chi connectivity index (χ2v) is 9.62. The molecule has 1 aromatic rings. The van der Waals surface area contributed by atoms with Crippen LogP contribution >= 0.6 is 24.0 Å². The quantitative estimate of drug-likeness (QED) is 0.567. The predicted octanol–water partition coefficient (Wildman–Crippen LogP) is 2.09. The fourth-order valence-corrected chi connectivity index (χ4v) is 5.96. The van der Waals surface area contributed by atoms with Crippen LogP contribution in [-0.4, -0.2) is 55.3 Å². The Morgan fingerprint density at radius 2 is 2.08 bits per heavy atom. The van der Waals surface area contributed by atoms with E-state index in [-0.39, 0.29) is 23.5 Å². The van der Waals surface area contributed by atoms with E-state index < -0.39 is 9.84 Å². The number of benzene rings is 1. The highest BCUT2D eigenvalue weighted by atomic mass is 32.2. The zero-order valence-electron chi connectivity index (χ0n) is 13.7. The van der Waals surface area contributed by atoms with Gasteiger partial charge < -0.3 is 9.47 Å². The zero-order valence-corrected chi connectivity index (χ0v) is 16.2. The van der Waals surface area contributed by atoms with E-state index in [1.807, 2.05) is 0 Å². The molecule has 0 aromatic heterocycles. The van der Waals surface area contributed by atoms with Gasteiger partial charge in [-0.05, 0) is 30.7 Å². The molecule has 2 heterocycles. The molecule has 0 N–H and O–H groups in total. The topological polar surface area (TPSA) is 72.9 Å². The van der Waals surface area contributed by atoms with E-state index in [9.17, 15) is 13.2 Å². The Labute approximate surface area is 156 Å². The van der Waals surface area contributed by atoms with Gasteiger partial charge in [0, 0.05) is 5.56 Å². The Balaban J connectivity index is 1.91. The second-order valence-electron chi connectivity index (χ2n) is 5.72. The van der Waals surface area contributed by atoms with Crippen LogP contribution in [0.1, 0.15) is 12.0 Å². The minimum atomic E-state index is -3.09. The van der Waals surface area contributed by atoms with Gasteiger partial charge in [0.25, 0.3) is 5.91 Å². The standard InChI is InChI=1S/C16H17NO5S3/c1-21-12-3-4-13(22-2)10(7-12)8-14-15(18)17(16(23)24-14)11-5-6-25(19,20)9-11/h3-4,7-8,11H,5-6,9H2,1-2H3/b14-8-/t11-/m0/s1. The van der Waals surface area contributed by atoms with Crippen LogP contribution in [0.2, 0.25) is 0 Å². The number of hydrogen-bond acceptors (Lipinski definition) is 7. The molecule has 2 saturated heterocycles. The molecular weight excluding hydrogens is 382 g/mol. The first-order valence-corrected chi connectivity index (χ1v) is 10.6. The average molecular weight is 400 g/mol. The summed E-state index contributed by atoms with van der Waals surface area (Å²) in [5, 5.41) is 0. The lowest BCUT2D eigenvalue weighted by atomic mass is 10.1. The van der Waals surface area contributed by atoms with Crippen molar-refractivity contribution >= 4 is 50.1 Å². The van der Waals surface area contributed by atoms with Crippen LogP contribution in [0.15, 0.2) is 23.1 Å². The van der Waals surface area contributed by atoms with E-state index in [0.29, 0.717) is 32.7 Å². The molecule has 9 heteroatoms. The van der Waals surface area contributed by atoms with Gasteiger partial charge in [-0.15, -0.1) is 0 Å². The lowest BCUT2D eigenvalue weighted by molar-refractivity contribution is -0.123. The third-order valence-corrected chi connectivity index (χ3v) is 7.20. The number of amides is 1. The Morgan fingerprint density at radius 3 is 2.68 bits per heavy atom. The molecule has 1 amide bonds. The highest BCUT2D eigenvalue weighted by Gasteiger charge is 2.42. The molecule has 0 unspecified atom stereocenters. The number of thiocarbonyl (C=S) groups is 1. The largest absolute Gasteiger partial charge is 0.497 e. The summed E-state index contributed by atoms with van der Waals surface area (Å²) in [4.78, 5) is 14.6. The first-order valence-electron chi connectivity index (χ1n) is 7.54. The molecule has 0 bridgehead atoms. The van der Waals surface area contributed by atoms with Crippen LogP contribution in [0.5, 0.6) is 11.5 Å². The summed E-state index contributed by atoms with van der Waals surface area (Å²) in [6, 6.07) is 4.92. The number of carbonyl (C=O) groups excluding carboxylic acids is 1. The summed E-state index contributed by atoms with van der Waals surface area (Å²) in [5.41, 5.74) is 0.696. The Hall–Kier alpha value is -1.58. The number of sulfone groups is 1. The first kappa shape index (κ1) is 18.2. The van der Waals surface area contributed by atoms with Gasteiger partial charge in [-0.25, -0.2) is 8.42 Å². The molecule has 0 aliphatic carbocycles. The molecule has 3 rings (SSSR count). The van der Waals surface area contributed by atoms with Crippen molar-refractivity contribution in [2.75, 3.05) is 25.7 Å². The normalized spacial score (nSPS) is 24.2. The van der Waals surface area contributed by atoms with Crippen molar-refractivity contribution in [3.63, 3.8) is 0 Å². The summed E-state index contributed by atoms with van der Waals surface area (Å²) in [6.45, 7) is 0. The first-order chi connectivity index (χ1) is 11.8. The van der Waals surface area contributed by atoms with E-state index >= 15 is 0 Å². The van der Waals surface area contributed by atoms with E-state index in [1.165, 1.54) is 16.7 Å². The fraction of sp³-hybridized carbons (Fsp3) is 0.375. The van der Waals surface area contributed by atoms with Crippen LogP contribution in [0.25, 0.3) is 6.08 Å². The molecular formula is C16H17NO5S3. The van der Waals surface area contributed by atoms with Crippen LogP contribution in [0.3, 0.4) is 0 Å². The van der Waals surface area contributed by atoms with Crippen molar-refractivity contribution in [3.8, 4) is 11.5 Å². The highest BCUT2D eigenvalue weighted by Crippen LogP contribution is 2.37. The summed E-state index contributed by atoms with van der Waals surface area (Å²) < 4.78 is 34.3. The van der Waals surface area contributed by atoms with Crippen LogP contribution in [0.4, 0.5) is 0 Å². The number of rotatable bonds is 4. The molecule has 134 valence electrons. The molecule has 1 atom stereocenters. The number of nitrogens with zero attached hydrogens (tertiary/aromatic N) is 1. The van der Waals surface area contributed by atoms with Crippen molar-refractivity contribution < 1.29 is 22.7 Å². The van der Waals surface area contributed by atoms with Gasteiger partial charge in [-0.3, -0.25) is 9.69 Å². The van der Waals surface area contributed by atoms with Crippen molar-refractivity contribution in [2.45, 2.75) is 12.5 Å². The number of thioether (sulfide) groups is 1. The van der Waals surface area contributed by atoms with Crippen molar-refractivity contribution in [1.29, 1.82) is 0 Å². The molecule has 6 nitrogen and oxygen atoms in total. The van der Waals surface area contributed by atoms with E-state index in [1.54, 1.807) is 38.5 Å². The minimum Gasteiger partial charge on any atom is -0.497 e. The predicted molar refractivity (Wildman–Crippen MR) is 102 cm³/mol. The Bertz CT molecular complexity index is 863. The zero-order chi connectivity index (χ0) is 18.2. The second kappa shape index (κ2) is 6.97. The summed E-state index contributed by atoms with van der Waals surface area (Å²) in [7, 11) is 0.0159. The van der Waals surface area contributed by atoms with Gasteiger partial charge >= 0.3 is 0 Å². The maximum atomic E-state index is 12.8. The highest BCUT2D eigenvalue weighted by molar-refractivity contribution is 8.26. The maximum Gasteiger partial charge on any atom is 0.266 e. The summed E-state index contributed by atoms with van der Waals surface area (Å²) >= 11 is 6.48. The average Bonchev–Trinajstić information content (AvgIpc) is 3.06. The Kier molecular flexibility index (Phi) is 5.08. The van der Waals surface area contributed by atoms with Crippen LogP contribution < -0.4 is 9.47 Å². The van der Waals surface area contributed by atoms with Gasteiger partial charge in [0.2, 0.25) is 0 Å². The van der Waals surface area contributed by atoms with Gasteiger partial charge in [-0.2, -0.15) is 0 Å². The lowest BCUT2D eigenvalue weighted by Gasteiger charge is -2.20. The van der Waals surface area contributed by atoms with Gasteiger partial charge in [0.15, 0.2) is 9.84 Å². The maximum absolute atomic E-state index is 12.8. The van der Waals surface area contributed by atoms with Crippen LogP contribution in [-0.2, 0) is 14.6 Å². The van der Waals surface area contributed by atoms with Crippen LogP contribution in [0, 0.1) is 0 Å². The summed E-state index contributed by atoms with van der Waals surface area (Å²) in [5.74, 6) is 1.05. The number of carbonyl (C=O) groups is 1. The fourth-order valence-electron chi connectivity index (χ4n) is 2.87. The molecule has 2 aliphatic rings. The number of methoxy groups -OCH3 is 2. The van der Waals surface area contributed by atoms with Crippen molar-refractivity contribution in [1.82, 2.24) is 4.90 Å². The van der Waals surface area contributed by atoms with Gasteiger partial charge in [-0.1, -0.05) is 24.0 Å². The van der Waals surface area contributed by atoms with E-state index in [4.69, 9.17) is 21.7 Å². The molecule has 0 saturated carbocycles. The van der Waals surface area contributed by atoms with E-state index in [2.05, 4.69) is 0 Å². The SMILES string of the molecule is COc1ccc(OC)c(/C=C2\SC(=S)N([C@H]3CCS(=O)(=O)C3)C2=O)c1. The molecule has 2 fully saturated rings.